The molecule has 1 N–H and O–H groups in total. The second-order valence-electron chi connectivity index (χ2n) is 7.90. The number of pyridine rings is 1. The Morgan fingerprint density at radius 1 is 1.10 bits per heavy atom. The molecule has 2 aromatic carbocycles. The predicted octanol–water partition coefficient (Wildman–Crippen LogP) is 5.61. The molecule has 4 nitrogen and oxygen atoms in total. The molecular formula is C24H25FN2O2. The number of carbonyl (C=O) groups excluding carboxylic acids is 1. The highest BCUT2D eigenvalue weighted by Crippen LogP contribution is 2.43. The lowest BCUT2D eigenvalue weighted by molar-refractivity contribution is -0.121. The lowest BCUT2D eigenvalue weighted by atomic mass is 9.77. The van der Waals surface area contributed by atoms with Gasteiger partial charge in [0, 0.05) is 17.1 Å². The van der Waals surface area contributed by atoms with Gasteiger partial charge in [-0.15, -0.1) is 0 Å². The number of nitrogens with zero attached hydrogens (tertiary/aromatic N) is 1. The predicted molar refractivity (Wildman–Crippen MR) is 113 cm³/mol. The van der Waals surface area contributed by atoms with Gasteiger partial charge in [0.05, 0.1) is 17.2 Å². The van der Waals surface area contributed by atoms with Crippen LogP contribution in [0.5, 0.6) is 5.75 Å². The summed E-state index contributed by atoms with van der Waals surface area (Å²) in [6.07, 6.45) is 4.83. The summed E-state index contributed by atoms with van der Waals surface area (Å²) in [4.78, 5) is 17.9. The lowest BCUT2D eigenvalue weighted by Crippen LogP contribution is -2.38. The SMILES string of the molecule is CC(C)Oc1ccc(NC(=O)C2(c3ccccc3F)CCCC2)c2cccnc12. The molecule has 1 fully saturated rings. The van der Waals surface area contributed by atoms with Crippen molar-refractivity contribution < 1.29 is 13.9 Å². The molecule has 4 rings (SSSR count). The zero-order valence-electron chi connectivity index (χ0n) is 16.7. The Balaban J connectivity index is 1.73. The molecule has 0 unspecified atom stereocenters. The molecule has 29 heavy (non-hydrogen) atoms. The number of halogens is 1. The number of nitrogens with one attached hydrogen (secondary N) is 1. The van der Waals surface area contributed by atoms with Crippen LogP contribution in [0.4, 0.5) is 10.1 Å². The van der Waals surface area contributed by atoms with Crippen molar-refractivity contribution in [1.29, 1.82) is 0 Å². The molecule has 0 aliphatic heterocycles. The number of fused-ring (bicyclic) bond motifs is 1. The number of benzene rings is 2. The summed E-state index contributed by atoms with van der Waals surface area (Å²) in [5, 5.41) is 3.88. The van der Waals surface area contributed by atoms with E-state index >= 15 is 0 Å². The highest BCUT2D eigenvalue weighted by Gasteiger charge is 2.44. The molecular weight excluding hydrogens is 367 g/mol. The minimum absolute atomic E-state index is 0.0171. The number of hydrogen-bond donors (Lipinski definition) is 1. The first-order chi connectivity index (χ1) is 14.0. The first-order valence-electron chi connectivity index (χ1n) is 10.1. The van der Waals surface area contributed by atoms with E-state index in [0.717, 1.165) is 18.2 Å². The van der Waals surface area contributed by atoms with Crippen molar-refractivity contribution >= 4 is 22.5 Å². The van der Waals surface area contributed by atoms with Gasteiger partial charge in [-0.1, -0.05) is 31.0 Å². The van der Waals surface area contributed by atoms with E-state index in [2.05, 4.69) is 10.3 Å². The average molecular weight is 392 g/mol. The number of amides is 1. The van der Waals surface area contributed by atoms with Crippen molar-refractivity contribution in [1.82, 2.24) is 4.98 Å². The van der Waals surface area contributed by atoms with E-state index in [1.165, 1.54) is 6.07 Å². The molecule has 3 aromatic rings. The summed E-state index contributed by atoms with van der Waals surface area (Å²) in [5.41, 5.74) is 1.01. The molecule has 150 valence electrons. The summed E-state index contributed by atoms with van der Waals surface area (Å²) < 4.78 is 20.5. The molecule has 1 aliphatic carbocycles. The summed E-state index contributed by atoms with van der Waals surface area (Å²) in [5.74, 6) is 0.192. The Kier molecular flexibility index (Phi) is 5.22. The summed E-state index contributed by atoms with van der Waals surface area (Å²) in [6, 6.07) is 14.0. The van der Waals surface area contributed by atoms with Gasteiger partial charge in [-0.3, -0.25) is 9.78 Å². The Morgan fingerprint density at radius 3 is 2.59 bits per heavy atom. The fourth-order valence-electron chi connectivity index (χ4n) is 4.29. The topological polar surface area (TPSA) is 51.2 Å². The van der Waals surface area contributed by atoms with Crippen LogP contribution in [0.25, 0.3) is 10.9 Å². The Bertz CT molecular complexity index is 1040. The van der Waals surface area contributed by atoms with Crippen LogP contribution in [0.15, 0.2) is 54.7 Å². The van der Waals surface area contributed by atoms with Crippen molar-refractivity contribution in [3.8, 4) is 5.75 Å². The molecule has 1 saturated carbocycles. The first kappa shape index (κ1) is 19.4. The van der Waals surface area contributed by atoms with Crippen LogP contribution in [0.3, 0.4) is 0 Å². The number of carbonyl (C=O) groups is 1. The average Bonchev–Trinajstić information content (AvgIpc) is 3.21. The minimum atomic E-state index is -0.840. The fourth-order valence-corrected chi connectivity index (χ4v) is 4.29. The molecule has 5 heteroatoms. The molecule has 0 spiro atoms. The van der Waals surface area contributed by atoms with Gasteiger partial charge in [0.25, 0.3) is 0 Å². The van der Waals surface area contributed by atoms with E-state index < -0.39 is 5.41 Å². The van der Waals surface area contributed by atoms with Gasteiger partial charge >= 0.3 is 0 Å². The largest absolute Gasteiger partial charge is 0.489 e. The Morgan fingerprint density at radius 2 is 1.86 bits per heavy atom. The fraction of sp³-hybridized carbons (Fsp3) is 0.333. The molecule has 1 aliphatic rings. The summed E-state index contributed by atoms with van der Waals surface area (Å²) in [7, 11) is 0. The van der Waals surface area contributed by atoms with E-state index in [9.17, 15) is 9.18 Å². The highest BCUT2D eigenvalue weighted by molar-refractivity contribution is 6.06. The number of anilines is 1. The highest BCUT2D eigenvalue weighted by atomic mass is 19.1. The number of rotatable bonds is 5. The first-order valence-corrected chi connectivity index (χ1v) is 10.1. The van der Waals surface area contributed by atoms with Crippen LogP contribution in [-0.4, -0.2) is 17.0 Å². The van der Waals surface area contributed by atoms with Crippen molar-refractivity contribution in [3.63, 3.8) is 0 Å². The maximum atomic E-state index is 14.6. The number of hydrogen-bond acceptors (Lipinski definition) is 3. The molecule has 0 atom stereocenters. The second kappa shape index (κ2) is 7.82. The van der Waals surface area contributed by atoms with Gasteiger partial charge in [0.2, 0.25) is 5.91 Å². The zero-order valence-corrected chi connectivity index (χ0v) is 16.7. The van der Waals surface area contributed by atoms with E-state index in [0.29, 0.717) is 35.4 Å². The molecule has 1 aromatic heterocycles. The third kappa shape index (κ3) is 3.57. The van der Waals surface area contributed by atoms with E-state index in [4.69, 9.17) is 4.74 Å². The molecule has 0 saturated heterocycles. The van der Waals surface area contributed by atoms with Gasteiger partial charge < -0.3 is 10.1 Å². The van der Waals surface area contributed by atoms with E-state index in [1.807, 2.05) is 38.1 Å². The Hall–Kier alpha value is -2.95. The zero-order chi connectivity index (χ0) is 20.4. The summed E-state index contributed by atoms with van der Waals surface area (Å²) in [6.45, 7) is 3.92. The standard InChI is InChI=1S/C24H25FN2O2/c1-16(2)29-21-12-11-20(17-8-7-15-26-22(17)21)27-23(28)24(13-5-6-14-24)18-9-3-4-10-19(18)25/h3-4,7-12,15-16H,5-6,13-14H2,1-2H3,(H,27,28). The minimum Gasteiger partial charge on any atom is -0.489 e. The van der Waals surface area contributed by atoms with E-state index in [-0.39, 0.29) is 17.8 Å². The molecule has 0 bridgehead atoms. The third-order valence-corrected chi connectivity index (χ3v) is 5.62. The van der Waals surface area contributed by atoms with E-state index in [1.54, 1.807) is 24.4 Å². The van der Waals surface area contributed by atoms with Gasteiger partial charge in [-0.25, -0.2) is 4.39 Å². The van der Waals surface area contributed by atoms with Crippen molar-refractivity contribution in [3.05, 3.63) is 66.1 Å². The number of ether oxygens (including phenoxy) is 1. The van der Waals surface area contributed by atoms with Crippen molar-refractivity contribution in [2.24, 2.45) is 0 Å². The van der Waals surface area contributed by atoms with Gasteiger partial charge in [-0.05, 0) is 57.0 Å². The van der Waals surface area contributed by atoms with Crippen molar-refractivity contribution in [2.75, 3.05) is 5.32 Å². The maximum absolute atomic E-state index is 14.6. The van der Waals surface area contributed by atoms with Crippen molar-refractivity contribution in [2.45, 2.75) is 51.0 Å². The van der Waals surface area contributed by atoms with Gasteiger partial charge in [-0.2, -0.15) is 0 Å². The Labute approximate surface area is 170 Å². The van der Waals surface area contributed by atoms with Crippen LogP contribution in [-0.2, 0) is 10.2 Å². The molecule has 1 heterocycles. The summed E-state index contributed by atoms with van der Waals surface area (Å²) >= 11 is 0. The normalized spacial score (nSPS) is 15.6. The maximum Gasteiger partial charge on any atom is 0.235 e. The smallest absolute Gasteiger partial charge is 0.235 e. The van der Waals surface area contributed by atoms with Crippen LogP contribution in [0, 0.1) is 5.82 Å². The van der Waals surface area contributed by atoms with Crippen LogP contribution >= 0.6 is 0 Å². The third-order valence-electron chi connectivity index (χ3n) is 5.62. The molecule has 1 amide bonds. The number of aromatic nitrogens is 1. The van der Waals surface area contributed by atoms with Gasteiger partial charge in [0.15, 0.2) is 0 Å². The molecule has 0 radical (unpaired) electrons. The van der Waals surface area contributed by atoms with Crippen LogP contribution in [0.2, 0.25) is 0 Å². The van der Waals surface area contributed by atoms with Gasteiger partial charge in [0.1, 0.15) is 17.1 Å². The quantitative estimate of drug-likeness (QED) is 0.614. The van der Waals surface area contributed by atoms with Crippen LogP contribution < -0.4 is 10.1 Å². The monoisotopic (exact) mass is 392 g/mol. The second-order valence-corrected chi connectivity index (χ2v) is 7.90. The lowest BCUT2D eigenvalue weighted by Gasteiger charge is -2.29. The van der Waals surface area contributed by atoms with Crippen LogP contribution in [0.1, 0.15) is 45.1 Å².